The first-order valence-electron chi connectivity index (χ1n) is 10.2. The third kappa shape index (κ3) is 4.37. The Labute approximate surface area is 192 Å². The van der Waals surface area contributed by atoms with Crippen LogP contribution in [0.2, 0.25) is 0 Å². The molecular weight excluding hydrogens is 444 g/mol. The van der Waals surface area contributed by atoms with Crippen LogP contribution < -0.4 is 10.9 Å². The van der Waals surface area contributed by atoms with Gasteiger partial charge < -0.3 is 9.15 Å². The second kappa shape index (κ2) is 8.41. The molecule has 3 aromatic heterocycles. The van der Waals surface area contributed by atoms with Crippen LogP contribution in [0.25, 0.3) is 16.7 Å². The van der Waals surface area contributed by atoms with Crippen LogP contribution in [0.1, 0.15) is 25.1 Å². The van der Waals surface area contributed by atoms with Gasteiger partial charge in [0.1, 0.15) is 0 Å². The van der Waals surface area contributed by atoms with E-state index in [0.717, 1.165) is 29.4 Å². The monoisotopic (exact) mass is 464 g/mol. The second-order valence-corrected chi connectivity index (χ2v) is 9.08. The van der Waals surface area contributed by atoms with Gasteiger partial charge in [0.2, 0.25) is 12.3 Å². The van der Waals surface area contributed by atoms with Crippen molar-refractivity contribution >= 4 is 34.7 Å². The number of ether oxygens (including phenoxy) is 1. The number of para-hydroxylation sites is 1. The molecular formula is C22H20N6O4S. The number of pyridine rings is 1. The molecule has 4 aromatic rings. The van der Waals surface area contributed by atoms with Gasteiger partial charge in [-0.1, -0.05) is 35.1 Å². The number of nitrogens with zero attached hydrogens (tertiary/aromatic N) is 5. The molecule has 4 heterocycles. The minimum atomic E-state index is -0.365. The first kappa shape index (κ1) is 21.3. The van der Waals surface area contributed by atoms with E-state index in [1.807, 2.05) is 50.2 Å². The summed E-state index contributed by atoms with van der Waals surface area (Å²) in [6.45, 7) is 4.40. The zero-order valence-corrected chi connectivity index (χ0v) is 18.8. The summed E-state index contributed by atoms with van der Waals surface area (Å²) in [5, 5.41) is 10.4. The standard InChI is InChI=1S/C22H20N6O4S/c1-22(2)9-16-13(10-32-22)8-15-18(24-16)26-21(28(19(15)30)14-6-4-3-5-7-14)33-11-17(29)25-20-27-23-12-31-20/h3-8,12H,9-11H2,1-2H3,(H,25,27,29). The van der Waals surface area contributed by atoms with Gasteiger partial charge in [0.25, 0.3) is 5.56 Å². The summed E-state index contributed by atoms with van der Waals surface area (Å²) in [4.78, 5) is 35.3. The summed E-state index contributed by atoms with van der Waals surface area (Å²) >= 11 is 1.12. The van der Waals surface area contributed by atoms with E-state index in [1.54, 1.807) is 0 Å². The fourth-order valence-electron chi connectivity index (χ4n) is 3.59. The number of aromatic nitrogens is 5. The molecule has 5 rings (SSSR count). The molecule has 0 saturated carbocycles. The summed E-state index contributed by atoms with van der Waals surface area (Å²) in [6.07, 6.45) is 1.75. The molecule has 1 aromatic carbocycles. The average Bonchev–Trinajstić information content (AvgIpc) is 3.30. The van der Waals surface area contributed by atoms with Gasteiger partial charge in [-0.05, 0) is 32.0 Å². The van der Waals surface area contributed by atoms with Crippen LogP contribution in [0.3, 0.4) is 0 Å². The lowest BCUT2D eigenvalue weighted by Gasteiger charge is -2.31. The predicted molar refractivity (Wildman–Crippen MR) is 121 cm³/mol. The molecule has 0 atom stereocenters. The largest absolute Gasteiger partial charge is 0.411 e. The molecule has 0 saturated heterocycles. The molecule has 1 amide bonds. The highest BCUT2D eigenvalue weighted by atomic mass is 32.2. The number of hydrogen-bond donors (Lipinski definition) is 1. The maximum Gasteiger partial charge on any atom is 0.322 e. The number of hydrogen-bond acceptors (Lipinski definition) is 9. The molecule has 10 nitrogen and oxygen atoms in total. The second-order valence-electron chi connectivity index (χ2n) is 8.14. The van der Waals surface area contributed by atoms with Crippen LogP contribution in [0.4, 0.5) is 6.01 Å². The van der Waals surface area contributed by atoms with Crippen LogP contribution in [-0.2, 0) is 22.6 Å². The van der Waals surface area contributed by atoms with Crippen molar-refractivity contribution in [2.24, 2.45) is 0 Å². The highest BCUT2D eigenvalue weighted by molar-refractivity contribution is 7.99. The number of thioether (sulfide) groups is 1. The molecule has 0 fully saturated rings. The van der Waals surface area contributed by atoms with Crippen LogP contribution in [0.5, 0.6) is 0 Å². The summed E-state index contributed by atoms with van der Waals surface area (Å²) < 4.78 is 12.3. The number of rotatable bonds is 5. The molecule has 0 unspecified atom stereocenters. The normalized spacial score (nSPS) is 14.7. The number of amides is 1. The molecule has 1 aliphatic rings. The zero-order valence-electron chi connectivity index (χ0n) is 17.9. The Balaban J connectivity index is 1.56. The average molecular weight is 465 g/mol. The Morgan fingerprint density at radius 3 is 2.82 bits per heavy atom. The number of carbonyl (C=O) groups excluding carboxylic acids is 1. The Hall–Kier alpha value is -3.57. The molecule has 33 heavy (non-hydrogen) atoms. The van der Waals surface area contributed by atoms with Crippen molar-refractivity contribution in [3.8, 4) is 5.69 Å². The van der Waals surface area contributed by atoms with Gasteiger partial charge in [-0.25, -0.2) is 9.97 Å². The highest BCUT2D eigenvalue weighted by Crippen LogP contribution is 2.29. The Kier molecular flexibility index (Phi) is 5.43. The van der Waals surface area contributed by atoms with Gasteiger partial charge in [-0.15, -0.1) is 5.10 Å². The van der Waals surface area contributed by atoms with Crippen molar-refractivity contribution in [1.82, 2.24) is 24.7 Å². The first-order valence-corrected chi connectivity index (χ1v) is 11.2. The molecule has 11 heteroatoms. The van der Waals surface area contributed by atoms with Gasteiger partial charge in [0.05, 0.1) is 34.7 Å². The van der Waals surface area contributed by atoms with Crippen molar-refractivity contribution in [2.45, 2.75) is 37.6 Å². The number of nitrogens with one attached hydrogen (secondary N) is 1. The molecule has 0 radical (unpaired) electrons. The van der Waals surface area contributed by atoms with Crippen LogP contribution >= 0.6 is 11.8 Å². The van der Waals surface area contributed by atoms with E-state index in [9.17, 15) is 9.59 Å². The summed E-state index contributed by atoms with van der Waals surface area (Å²) in [6, 6.07) is 11.0. The van der Waals surface area contributed by atoms with Crippen LogP contribution in [0, 0.1) is 0 Å². The van der Waals surface area contributed by atoms with Gasteiger partial charge in [0, 0.05) is 12.0 Å². The fraction of sp³-hybridized carbons (Fsp3) is 0.273. The van der Waals surface area contributed by atoms with E-state index in [0.29, 0.717) is 34.9 Å². The third-order valence-electron chi connectivity index (χ3n) is 5.16. The zero-order chi connectivity index (χ0) is 23.0. The van der Waals surface area contributed by atoms with Crippen molar-refractivity contribution in [3.05, 3.63) is 64.4 Å². The number of carbonyl (C=O) groups is 1. The summed E-state index contributed by atoms with van der Waals surface area (Å²) in [5.41, 5.74) is 2.16. The fourth-order valence-corrected chi connectivity index (χ4v) is 4.39. The molecule has 1 aliphatic heterocycles. The summed E-state index contributed by atoms with van der Waals surface area (Å²) in [5.74, 6) is -0.380. The van der Waals surface area contributed by atoms with E-state index in [2.05, 4.69) is 20.5 Å². The lowest BCUT2D eigenvalue weighted by Crippen LogP contribution is -2.33. The van der Waals surface area contributed by atoms with Crippen LogP contribution in [-0.4, -0.2) is 42.0 Å². The molecule has 0 aliphatic carbocycles. The highest BCUT2D eigenvalue weighted by Gasteiger charge is 2.28. The Bertz CT molecular complexity index is 1390. The van der Waals surface area contributed by atoms with Gasteiger partial charge in [-0.3, -0.25) is 19.5 Å². The van der Waals surface area contributed by atoms with Crippen molar-refractivity contribution in [2.75, 3.05) is 11.1 Å². The number of benzene rings is 1. The Morgan fingerprint density at radius 1 is 1.24 bits per heavy atom. The summed E-state index contributed by atoms with van der Waals surface area (Å²) in [7, 11) is 0. The first-order chi connectivity index (χ1) is 15.9. The molecule has 168 valence electrons. The van der Waals surface area contributed by atoms with E-state index < -0.39 is 0 Å². The maximum atomic E-state index is 13.6. The maximum absolute atomic E-state index is 13.6. The van der Waals surface area contributed by atoms with Gasteiger partial charge in [-0.2, -0.15) is 0 Å². The smallest absolute Gasteiger partial charge is 0.322 e. The number of fused-ring (bicyclic) bond motifs is 2. The SMILES string of the molecule is CC1(C)Cc2nc3nc(SCC(=O)Nc4nnco4)n(-c4ccccc4)c(=O)c3cc2CO1. The predicted octanol–water partition coefficient (Wildman–Crippen LogP) is 2.75. The van der Waals surface area contributed by atoms with E-state index in [1.165, 1.54) is 4.57 Å². The Morgan fingerprint density at radius 2 is 2.06 bits per heavy atom. The minimum absolute atomic E-state index is 0.00523. The topological polar surface area (TPSA) is 125 Å². The van der Waals surface area contributed by atoms with Crippen LogP contribution in [0.15, 0.2) is 57.2 Å². The van der Waals surface area contributed by atoms with Crippen molar-refractivity contribution in [1.29, 1.82) is 0 Å². The molecule has 0 spiro atoms. The third-order valence-corrected chi connectivity index (χ3v) is 6.10. The lowest BCUT2D eigenvalue weighted by molar-refractivity contribution is -0.113. The molecule has 1 N–H and O–H groups in total. The number of anilines is 1. The van der Waals surface area contributed by atoms with E-state index in [4.69, 9.17) is 14.1 Å². The van der Waals surface area contributed by atoms with Crippen molar-refractivity contribution < 1.29 is 13.9 Å². The van der Waals surface area contributed by atoms with E-state index >= 15 is 0 Å². The quantitative estimate of drug-likeness (QED) is 0.350. The van der Waals surface area contributed by atoms with Gasteiger partial charge in [0.15, 0.2) is 10.8 Å². The minimum Gasteiger partial charge on any atom is -0.411 e. The van der Waals surface area contributed by atoms with E-state index in [-0.39, 0.29) is 28.8 Å². The van der Waals surface area contributed by atoms with Gasteiger partial charge >= 0.3 is 6.01 Å². The molecule has 0 bridgehead atoms. The lowest BCUT2D eigenvalue weighted by atomic mass is 9.95. The van der Waals surface area contributed by atoms with Crippen molar-refractivity contribution in [3.63, 3.8) is 0 Å².